The van der Waals surface area contributed by atoms with Gasteiger partial charge in [0.15, 0.2) is 5.83 Å². The first-order chi connectivity index (χ1) is 20.1. The molecule has 11 nitrogen and oxygen atoms in total. The minimum atomic E-state index is -3.35. The van der Waals surface area contributed by atoms with Crippen LogP contribution in [0.25, 0.3) is 0 Å². The summed E-state index contributed by atoms with van der Waals surface area (Å²) in [6.07, 6.45) is 7.38. The van der Waals surface area contributed by atoms with Gasteiger partial charge in [0.05, 0.1) is 42.6 Å². The van der Waals surface area contributed by atoms with E-state index in [4.69, 9.17) is 16.2 Å². The summed E-state index contributed by atoms with van der Waals surface area (Å²) in [4.78, 5) is 20.7. The van der Waals surface area contributed by atoms with Gasteiger partial charge in [-0.2, -0.15) is 4.31 Å². The lowest BCUT2D eigenvalue weighted by molar-refractivity contribution is -0.128. The number of likely N-dealkylation sites (tertiary alicyclic amines) is 1. The SMILES string of the molecule is NC(N)C(C(=O)NC1CNCCC1N1CCC(S(=O)(=O)N2CCOCC2)CC1)C1CC23CCCC[C@]2(CC(F)=C=N1)C3. The van der Waals surface area contributed by atoms with Crippen molar-refractivity contribution < 1.29 is 22.3 Å². The van der Waals surface area contributed by atoms with Crippen LogP contribution in [0.2, 0.25) is 0 Å². The molecule has 2 aliphatic carbocycles. The molecule has 6 aliphatic rings. The van der Waals surface area contributed by atoms with Crippen LogP contribution in [0.1, 0.15) is 64.2 Å². The maximum atomic E-state index is 14.8. The number of nitrogens with zero attached hydrogens (tertiary/aromatic N) is 3. The van der Waals surface area contributed by atoms with Gasteiger partial charge in [-0.25, -0.2) is 17.8 Å². The molecule has 42 heavy (non-hydrogen) atoms. The van der Waals surface area contributed by atoms with Crippen LogP contribution in [0.4, 0.5) is 4.39 Å². The first kappa shape index (κ1) is 30.6. The first-order valence-electron chi connectivity index (χ1n) is 15.9. The average molecular weight is 610 g/mol. The summed E-state index contributed by atoms with van der Waals surface area (Å²) < 4.78 is 48.2. The van der Waals surface area contributed by atoms with Crippen molar-refractivity contribution in [2.24, 2.45) is 33.2 Å². The van der Waals surface area contributed by atoms with Crippen LogP contribution in [0, 0.1) is 16.7 Å². The van der Waals surface area contributed by atoms with Gasteiger partial charge in [-0.1, -0.05) is 12.8 Å². The third-order valence-electron chi connectivity index (χ3n) is 11.3. The largest absolute Gasteiger partial charge is 0.379 e. The van der Waals surface area contributed by atoms with Crippen LogP contribution < -0.4 is 22.1 Å². The fraction of sp³-hybridized carbons (Fsp3) is 0.897. The molecule has 0 radical (unpaired) electrons. The quantitative estimate of drug-likeness (QED) is 0.304. The third kappa shape index (κ3) is 5.83. The summed E-state index contributed by atoms with van der Waals surface area (Å²) in [6, 6.07) is -0.632. The fourth-order valence-electron chi connectivity index (χ4n) is 8.94. The van der Waals surface area contributed by atoms with Gasteiger partial charge < -0.3 is 26.8 Å². The lowest BCUT2D eigenvalue weighted by Gasteiger charge is -2.44. The van der Waals surface area contributed by atoms with E-state index in [1.54, 1.807) is 4.31 Å². The summed E-state index contributed by atoms with van der Waals surface area (Å²) in [6.45, 7) is 4.48. The molecule has 3 saturated heterocycles. The van der Waals surface area contributed by atoms with E-state index in [-0.39, 0.29) is 39.9 Å². The highest BCUT2D eigenvalue weighted by Gasteiger charge is 2.68. The van der Waals surface area contributed by atoms with Gasteiger partial charge >= 0.3 is 0 Å². The highest BCUT2D eigenvalue weighted by atomic mass is 32.2. The molecule has 6 atom stereocenters. The number of ether oxygens (including phenoxy) is 1. The summed E-state index contributed by atoms with van der Waals surface area (Å²) >= 11 is 0. The molecule has 0 aromatic carbocycles. The molecule has 2 saturated carbocycles. The van der Waals surface area contributed by atoms with Gasteiger partial charge in [0.1, 0.15) is 0 Å². The molecule has 5 unspecified atom stereocenters. The van der Waals surface area contributed by atoms with Crippen molar-refractivity contribution >= 4 is 21.8 Å². The highest BCUT2D eigenvalue weighted by molar-refractivity contribution is 7.89. The van der Waals surface area contributed by atoms with E-state index in [1.165, 1.54) is 0 Å². The standard InChI is InChI=1S/C29H48FN7O4S/c30-20-15-28-6-1-2-7-29(28,19-28)16-22(34-17-20)25(26(31)32)27(38)35-23-18-33-8-3-24(23)36-9-4-21(5-10-36)42(39,40)37-11-13-41-14-12-37/h21-26,33H,1-16,18-19,31-32H2,(H,35,38)/t22?,23?,24?,25?,28-,29?/m0/s1. The molecule has 0 aromatic heterocycles. The number of halogens is 1. The predicted molar refractivity (Wildman–Crippen MR) is 158 cm³/mol. The monoisotopic (exact) mass is 609 g/mol. The topological polar surface area (TPSA) is 155 Å². The Bertz CT molecular complexity index is 1180. The number of carbonyl (C=O) groups is 1. The van der Waals surface area contributed by atoms with E-state index in [2.05, 4.69) is 26.4 Å². The number of allylic oxidation sites excluding steroid dienone is 1. The van der Waals surface area contributed by atoms with E-state index in [1.807, 2.05) is 0 Å². The second kappa shape index (κ2) is 12.2. The maximum absolute atomic E-state index is 14.8. The molecule has 6 rings (SSSR count). The molecular weight excluding hydrogens is 561 g/mol. The molecule has 236 valence electrons. The molecule has 4 heterocycles. The van der Waals surface area contributed by atoms with Crippen molar-refractivity contribution in [2.75, 3.05) is 52.5 Å². The first-order valence-corrected chi connectivity index (χ1v) is 17.4. The Labute approximate surface area is 249 Å². The number of sulfonamides is 1. The van der Waals surface area contributed by atoms with E-state index in [9.17, 15) is 17.6 Å². The minimum Gasteiger partial charge on any atom is -0.379 e. The van der Waals surface area contributed by atoms with E-state index >= 15 is 0 Å². The Morgan fingerprint density at radius 2 is 1.83 bits per heavy atom. The van der Waals surface area contributed by atoms with Crippen molar-refractivity contribution in [3.05, 3.63) is 5.83 Å². The zero-order valence-corrected chi connectivity index (χ0v) is 25.4. The molecule has 0 spiro atoms. The van der Waals surface area contributed by atoms with Gasteiger partial charge in [-0.15, -0.1) is 0 Å². The zero-order valence-electron chi connectivity index (χ0n) is 24.6. The van der Waals surface area contributed by atoms with Gasteiger partial charge in [0.25, 0.3) is 0 Å². The number of amides is 1. The molecule has 0 aromatic rings. The normalized spacial score (nSPS) is 37.6. The maximum Gasteiger partial charge on any atom is 0.228 e. The van der Waals surface area contributed by atoms with Crippen LogP contribution >= 0.6 is 0 Å². The average Bonchev–Trinajstić information content (AvgIpc) is 3.62. The van der Waals surface area contributed by atoms with Gasteiger partial charge in [-0.05, 0) is 75.4 Å². The lowest BCUT2D eigenvalue weighted by Crippen LogP contribution is -2.63. The number of nitrogens with one attached hydrogen (secondary N) is 2. The summed E-state index contributed by atoms with van der Waals surface area (Å²) in [5.74, 6) is 1.25. The van der Waals surface area contributed by atoms with Crippen molar-refractivity contribution in [1.82, 2.24) is 19.8 Å². The van der Waals surface area contributed by atoms with Crippen LogP contribution in [-0.2, 0) is 19.6 Å². The number of nitrogens with two attached hydrogens (primary N) is 2. The lowest BCUT2D eigenvalue weighted by atomic mass is 9.72. The molecule has 4 aliphatic heterocycles. The van der Waals surface area contributed by atoms with Crippen LogP contribution in [-0.4, -0.2) is 111 Å². The van der Waals surface area contributed by atoms with Crippen molar-refractivity contribution in [1.29, 1.82) is 0 Å². The molecular formula is C29H48FN7O4S. The Balaban J connectivity index is 1.12. The van der Waals surface area contributed by atoms with Gasteiger partial charge in [0, 0.05) is 38.0 Å². The van der Waals surface area contributed by atoms with E-state index < -0.39 is 28.1 Å². The minimum absolute atomic E-state index is 0.00705. The Morgan fingerprint density at radius 1 is 1.12 bits per heavy atom. The Morgan fingerprint density at radius 3 is 2.55 bits per heavy atom. The highest BCUT2D eigenvalue weighted by Crippen LogP contribution is 2.76. The van der Waals surface area contributed by atoms with Crippen LogP contribution in [0.3, 0.4) is 0 Å². The van der Waals surface area contributed by atoms with Crippen molar-refractivity contribution in [3.63, 3.8) is 0 Å². The number of morpholine rings is 1. The molecule has 6 N–H and O–H groups in total. The summed E-state index contributed by atoms with van der Waals surface area (Å²) in [7, 11) is -3.35. The second-order valence-corrected chi connectivity index (χ2v) is 15.8. The summed E-state index contributed by atoms with van der Waals surface area (Å²) in [5.41, 5.74) is 12.5. The van der Waals surface area contributed by atoms with E-state index in [0.29, 0.717) is 71.6 Å². The Hall–Kier alpha value is -1.44. The molecule has 0 bridgehead atoms. The van der Waals surface area contributed by atoms with Gasteiger partial charge in [0.2, 0.25) is 15.9 Å². The predicted octanol–water partition coefficient (Wildman–Crippen LogP) is 0.455. The number of hydrogen-bond donors (Lipinski definition) is 4. The smallest absolute Gasteiger partial charge is 0.228 e. The third-order valence-corrected chi connectivity index (χ3v) is 13.7. The number of piperidine rings is 2. The number of hydrogen-bond acceptors (Lipinski definition) is 9. The van der Waals surface area contributed by atoms with Crippen molar-refractivity contribution in [2.45, 2.75) is 93.7 Å². The number of rotatable bonds is 7. The summed E-state index contributed by atoms with van der Waals surface area (Å²) in [5, 5.41) is 6.26. The zero-order chi connectivity index (χ0) is 29.5. The molecule has 5 fully saturated rings. The number of aliphatic imine (C=N–C) groups is 1. The van der Waals surface area contributed by atoms with Gasteiger partial charge in [-0.3, -0.25) is 9.69 Å². The number of carbonyl (C=O) groups excluding carboxylic acids is 1. The Kier molecular flexibility index (Phi) is 8.85. The second-order valence-electron chi connectivity index (χ2n) is 13.6. The fourth-order valence-corrected chi connectivity index (χ4v) is 10.8. The van der Waals surface area contributed by atoms with Crippen molar-refractivity contribution in [3.8, 4) is 0 Å². The van der Waals surface area contributed by atoms with Crippen LogP contribution in [0.5, 0.6) is 0 Å². The van der Waals surface area contributed by atoms with E-state index in [0.717, 1.165) is 45.1 Å². The molecule has 1 amide bonds. The molecule has 13 heteroatoms. The van der Waals surface area contributed by atoms with Crippen LogP contribution in [0.15, 0.2) is 10.8 Å².